The lowest BCUT2D eigenvalue weighted by Gasteiger charge is -2.10. The van der Waals surface area contributed by atoms with Crippen LogP contribution in [0.25, 0.3) is 0 Å². The second kappa shape index (κ2) is 6.21. The average Bonchev–Trinajstić information content (AvgIpc) is 2.79. The predicted octanol–water partition coefficient (Wildman–Crippen LogP) is 2.31. The number of hydrogen-bond donors (Lipinski definition) is 1. The first-order chi connectivity index (χ1) is 9.84. The Balaban J connectivity index is 1.89. The van der Waals surface area contributed by atoms with Gasteiger partial charge in [-0.1, -0.05) is 0 Å². The summed E-state index contributed by atoms with van der Waals surface area (Å²) in [7, 11) is 1.75. The van der Waals surface area contributed by atoms with Crippen LogP contribution >= 0.6 is 0 Å². The molecule has 2 aromatic rings. The van der Waals surface area contributed by atoms with Crippen molar-refractivity contribution < 1.29 is 17.6 Å². The molecule has 114 valence electrons. The fraction of sp³-hybridized carbons (Fsp3) is 0.385. The monoisotopic (exact) mass is 302 g/mol. The average molecular weight is 302 g/mol. The number of halogens is 4. The molecule has 8 heteroatoms. The number of nitrogens with one attached hydrogen (secondary N) is 1. The maximum Gasteiger partial charge on any atom is 0.416 e. The first-order valence-electron chi connectivity index (χ1n) is 6.26. The van der Waals surface area contributed by atoms with Crippen LogP contribution in [0.3, 0.4) is 0 Å². The summed E-state index contributed by atoms with van der Waals surface area (Å²) in [6.45, 7) is 0.634. The fourth-order valence-electron chi connectivity index (χ4n) is 1.85. The van der Waals surface area contributed by atoms with Crippen molar-refractivity contribution in [2.75, 3.05) is 6.54 Å². The normalized spacial score (nSPS) is 11.9. The molecule has 1 heterocycles. The van der Waals surface area contributed by atoms with Crippen LogP contribution in [0.1, 0.15) is 17.0 Å². The van der Waals surface area contributed by atoms with Crippen molar-refractivity contribution in [3.63, 3.8) is 0 Å². The molecule has 0 bridgehead atoms. The van der Waals surface area contributed by atoms with E-state index < -0.39 is 17.6 Å². The molecule has 0 saturated carbocycles. The number of alkyl halides is 3. The number of benzene rings is 1. The largest absolute Gasteiger partial charge is 0.416 e. The molecule has 2 rings (SSSR count). The molecule has 1 aromatic carbocycles. The number of nitrogens with zero attached hydrogens (tertiary/aromatic N) is 3. The molecule has 21 heavy (non-hydrogen) atoms. The Morgan fingerprint density at radius 1 is 1.24 bits per heavy atom. The van der Waals surface area contributed by atoms with E-state index in [1.807, 2.05) is 0 Å². The minimum atomic E-state index is -4.55. The summed E-state index contributed by atoms with van der Waals surface area (Å²) < 4.78 is 52.4. The van der Waals surface area contributed by atoms with Gasteiger partial charge in [0, 0.05) is 26.6 Å². The standard InChI is InChI=1S/C13H14F4N4/c1-21-8-19-12(20-21)2-3-18-7-9-4-10(13(15,16)17)6-11(14)5-9/h4-6,8,18H,2-3,7H2,1H3. The minimum absolute atomic E-state index is 0.147. The second-order valence-corrected chi connectivity index (χ2v) is 4.61. The van der Waals surface area contributed by atoms with Gasteiger partial charge in [0.15, 0.2) is 5.82 Å². The summed E-state index contributed by atoms with van der Waals surface area (Å²) in [4.78, 5) is 4.02. The van der Waals surface area contributed by atoms with Crippen molar-refractivity contribution in [1.29, 1.82) is 0 Å². The molecule has 0 saturated heterocycles. The fourth-order valence-corrected chi connectivity index (χ4v) is 1.85. The highest BCUT2D eigenvalue weighted by atomic mass is 19.4. The van der Waals surface area contributed by atoms with E-state index in [1.54, 1.807) is 18.1 Å². The zero-order valence-electron chi connectivity index (χ0n) is 11.3. The Hall–Kier alpha value is -1.96. The lowest BCUT2D eigenvalue weighted by Crippen LogP contribution is -2.18. The van der Waals surface area contributed by atoms with Gasteiger partial charge in [0.25, 0.3) is 0 Å². The van der Waals surface area contributed by atoms with Crippen LogP contribution in [0.2, 0.25) is 0 Å². The molecule has 0 aliphatic rings. The molecular weight excluding hydrogens is 288 g/mol. The van der Waals surface area contributed by atoms with Crippen LogP contribution in [0.15, 0.2) is 24.5 Å². The summed E-state index contributed by atoms with van der Waals surface area (Å²) >= 11 is 0. The molecule has 4 nitrogen and oxygen atoms in total. The van der Waals surface area contributed by atoms with Gasteiger partial charge in [0.1, 0.15) is 12.1 Å². The van der Waals surface area contributed by atoms with E-state index in [0.29, 0.717) is 24.9 Å². The van der Waals surface area contributed by atoms with Gasteiger partial charge in [0.05, 0.1) is 5.56 Å². The lowest BCUT2D eigenvalue weighted by molar-refractivity contribution is -0.137. The zero-order chi connectivity index (χ0) is 15.5. The van der Waals surface area contributed by atoms with Crippen LogP contribution in [-0.4, -0.2) is 21.3 Å². The van der Waals surface area contributed by atoms with Gasteiger partial charge in [0.2, 0.25) is 0 Å². The highest BCUT2D eigenvalue weighted by Crippen LogP contribution is 2.30. The van der Waals surface area contributed by atoms with Crippen molar-refractivity contribution in [3.05, 3.63) is 47.3 Å². The van der Waals surface area contributed by atoms with E-state index in [0.717, 1.165) is 12.1 Å². The summed E-state index contributed by atoms with van der Waals surface area (Å²) in [5.74, 6) is -0.256. The van der Waals surface area contributed by atoms with Gasteiger partial charge in [-0.05, 0) is 23.8 Å². The molecule has 1 N–H and O–H groups in total. The molecule has 0 aliphatic carbocycles. The third-order valence-electron chi connectivity index (χ3n) is 2.79. The van der Waals surface area contributed by atoms with Gasteiger partial charge < -0.3 is 5.32 Å². The smallest absolute Gasteiger partial charge is 0.312 e. The Kier molecular flexibility index (Phi) is 4.56. The van der Waals surface area contributed by atoms with Gasteiger partial charge in [-0.2, -0.15) is 18.3 Å². The molecular formula is C13H14F4N4. The SMILES string of the molecule is Cn1cnc(CCNCc2cc(F)cc(C(F)(F)F)c2)n1. The van der Waals surface area contributed by atoms with E-state index in [-0.39, 0.29) is 12.1 Å². The van der Waals surface area contributed by atoms with Gasteiger partial charge in [-0.25, -0.2) is 9.37 Å². The van der Waals surface area contributed by atoms with E-state index in [9.17, 15) is 17.6 Å². The summed E-state index contributed by atoms with van der Waals surface area (Å²) in [6, 6.07) is 2.51. The van der Waals surface area contributed by atoms with Crippen molar-refractivity contribution >= 4 is 0 Å². The van der Waals surface area contributed by atoms with Gasteiger partial charge >= 0.3 is 6.18 Å². The van der Waals surface area contributed by atoms with E-state index in [4.69, 9.17) is 0 Å². The van der Waals surface area contributed by atoms with Crippen LogP contribution in [-0.2, 0) is 26.2 Å². The first kappa shape index (κ1) is 15.4. The highest BCUT2D eigenvalue weighted by Gasteiger charge is 2.31. The first-order valence-corrected chi connectivity index (χ1v) is 6.26. The third-order valence-corrected chi connectivity index (χ3v) is 2.79. The molecule has 1 aromatic heterocycles. The van der Waals surface area contributed by atoms with Gasteiger partial charge in [-0.15, -0.1) is 0 Å². The second-order valence-electron chi connectivity index (χ2n) is 4.61. The maximum atomic E-state index is 13.2. The van der Waals surface area contributed by atoms with Crippen LogP contribution in [0, 0.1) is 5.82 Å². The van der Waals surface area contributed by atoms with Crippen molar-refractivity contribution in [2.45, 2.75) is 19.1 Å². The van der Waals surface area contributed by atoms with Crippen LogP contribution in [0.5, 0.6) is 0 Å². The molecule has 0 unspecified atom stereocenters. The molecule has 0 amide bonds. The number of hydrogen-bond acceptors (Lipinski definition) is 3. The van der Waals surface area contributed by atoms with E-state index >= 15 is 0 Å². The Morgan fingerprint density at radius 2 is 2.00 bits per heavy atom. The highest BCUT2D eigenvalue weighted by molar-refractivity contribution is 5.26. The molecule has 0 spiro atoms. The lowest BCUT2D eigenvalue weighted by atomic mass is 10.1. The summed E-state index contributed by atoms with van der Waals surface area (Å²) in [5, 5.41) is 7.01. The van der Waals surface area contributed by atoms with Crippen LogP contribution in [0.4, 0.5) is 17.6 Å². The van der Waals surface area contributed by atoms with Gasteiger partial charge in [-0.3, -0.25) is 4.68 Å². The predicted molar refractivity (Wildman–Crippen MR) is 67.8 cm³/mol. The molecule has 0 radical (unpaired) electrons. The number of rotatable bonds is 5. The minimum Gasteiger partial charge on any atom is -0.312 e. The molecule has 0 aliphatic heterocycles. The molecule has 0 atom stereocenters. The van der Waals surface area contributed by atoms with E-state index in [2.05, 4.69) is 15.4 Å². The maximum absolute atomic E-state index is 13.2. The van der Waals surface area contributed by atoms with Crippen molar-refractivity contribution in [2.24, 2.45) is 7.05 Å². The van der Waals surface area contributed by atoms with Crippen molar-refractivity contribution in [3.8, 4) is 0 Å². The number of aromatic nitrogens is 3. The molecule has 0 fully saturated rings. The topological polar surface area (TPSA) is 42.7 Å². The summed E-state index contributed by atoms with van der Waals surface area (Å²) in [5.41, 5.74) is -0.734. The van der Waals surface area contributed by atoms with Crippen LogP contribution < -0.4 is 5.32 Å². The third kappa shape index (κ3) is 4.52. The zero-order valence-corrected chi connectivity index (χ0v) is 11.3. The summed E-state index contributed by atoms with van der Waals surface area (Å²) in [6.07, 6.45) is -2.44. The Bertz CT molecular complexity index is 606. The van der Waals surface area contributed by atoms with E-state index in [1.165, 1.54) is 0 Å². The van der Waals surface area contributed by atoms with Crippen molar-refractivity contribution in [1.82, 2.24) is 20.1 Å². The Labute approximate surface area is 118 Å². The number of aryl methyl sites for hydroxylation is 1. The Morgan fingerprint density at radius 3 is 2.62 bits per heavy atom. The quantitative estimate of drug-likeness (QED) is 0.681.